The molecule has 5 heteroatoms. The number of nitrogens with one attached hydrogen (secondary N) is 1. The minimum Gasteiger partial charge on any atom is -0.385 e. The molecule has 0 aliphatic carbocycles. The number of aryl methyl sites for hydroxylation is 1. The van der Waals surface area contributed by atoms with E-state index in [4.69, 9.17) is 9.26 Å². The molecule has 21 heavy (non-hydrogen) atoms. The highest BCUT2D eigenvalue weighted by molar-refractivity contribution is 5.63. The highest BCUT2D eigenvalue weighted by Gasteiger charge is 2.30. The number of aromatic nitrogens is 2. The SMILES string of the molecule is CCC(C)(OC)c1noc(-c2ccc3c(c2)CCCN3)n1. The van der Waals surface area contributed by atoms with Crippen LogP contribution in [0.15, 0.2) is 22.7 Å². The number of fused-ring (bicyclic) bond motifs is 1. The van der Waals surface area contributed by atoms with Crippen molar-refractivity contribution in [1.82, 2.24) is 10.1 Å². The molecular formula is C16H21N3O2. The van der Waals surface area contributed by atoms with Crippen molar-refractivity contribution in [2.24, 2.45) is 0 Å². The number of benzene rings is 1. The van der Waals surface area contributed by atoms with E-state index in [9.17, 15) is 0 Å². The molecular weight excluding hydrogens is 266 g/mol. The highest BCUT2D eigenvalue weighted by atomic mass is 16.5. The van der Waals surface area contributed by atoms with Gasteiger partial charge in [0.15, 0.2) is 0 Å². The lowest BCUT2D eigenvalue weighted by Crippen LogP contribution is -2.24. The monoisotopic (exact) mass is 287 g/mol. The molecule has 0 bridgehead atoms. The summed E-state index contributed by atoms with van der Waals surface area (Å²) in [6.07, 6.45) is 3.03. The molecule has 0 saturated heterocycles. The fourth-order valence-corrected chi connectivity index (χ4v) is 2.56. The molecule has 1 aromatic carbocycles. The van der Waals surface area contributed by atoms with Gasteiger partial charge in [0.1, 0.15) is 5.60 Å². The van der Waals surface area contributed by atoms with Gasteiger partial charge in [0.2, 0.25) is 5.82 Å². The molecule has 0 amide bonds. The Balaban J connectivity index is 1.93. The predicted octanol–water partition coefficient (Wildman–Crippen LogP) is 3.37. The molecule has 1 atom stereocenters. The zero-order valence-electron chi connectivity index (χ0n) is 12.8. The molecule has 1 aliphatic heterocycles. The number of anilines is 1. The van der Waals surface area contributed by atoms with Crippen LogP contribution in [-0.4, -0.2) is 23.8 Å². The summed E-state index contributed by atoms with van der Waals surface area (Å²) in [5.41, 5.74) is 2.98. The maximum absolute atomic E-state index is 5.52. The zero-order valence-corrected chi connectivity index (χ0v) is 12.8. The smallest absolute Gasteiger partial charge is 0.258 e. The van der Waals surface area contributed by atoms with Crippen molar-refractivity contribution in [2.45, 2.75) is 38.7 Å². The Kier molecular flexibility index (Phi) is 3.68. The lowest BCUT2D eigenvalue weighted by molar-refractivity contribution is -0.0106. The first-order valence-corrected chi connectivity index (χ1v) is 7.43. The summed E-state index contributed by atoms with van der Waals surface area (Å²) in [5.74, 6) is 1.15. The minimum absolute atomic E-state index is 0.502. The second kappa shape index (κ2) is 5.48. The third-order valence-electron chi connectivity index (χ3n) is 4.31. The van der Waals surface area contributed by atoms with E-state index in [-0.39, 0.29) is 0 Å². The van der Waals surface area contributed by atoms with Crippen LogP contribution >= 0.6 is 0 Å². The molecule has 0 radical (unpaired) electrons. The van der Waals surface area contributed by atoms with E-state index in [1.807, 2.05) is 19.9 Å². The Hall–Kier alpha value is -1.88. The summed E-state index contributed by atoms with van der Waals surface area (Å²) >= 11 is 0. The van der Waals surface area contributed by atoms with Crippen LogP contribution in [-0.2, 0) is 16.8 Å². The third kappa shape index (κ3) is 2.53. The van der Waals surface area contributed by atoms with Gasteiger partial charge >= 0.3 is 0 Å². The Bertz CT molecular complexity index is 632. The van der Waals surface area contributed by atoms with E-state index in [1.54, 1.807) is 7.11 Å². The second-order valence-corrected chi connectivity index (χ2v) is 5.61. The van der Waals surface area contributed by atoms with Gasteiger partial charge in [-0.1, -0.05) is 12.1 Å². The minimum atomic E-state index is -0.502. The standard InChI is InChI=1S/C16H21N3O2/c1-4-16(2,20-3)15-18-14(21-19-15)12-7-8-13-11(10-12)6-5-9-17-13/h7-8,10,17H,4-6,9H2,1-3H3. The van der Waals surface area contributed by atoms with Gasteiger partial charge in [-0.05, 0) is 49.9 Å². The number of nitrogens with zero attached hydrogens (tertiary/aromatic N) is 2. The van der Waals surface area contributed by atoms with Crippen LogP contribution in [0, 0.1) is 0 Å². The van der Waals surface area contributed by atoms with Crippen molar-refractivity contribution in [3.63, 3.8) is 0 Å². The lowest BCUT2D eigenvalue weighted by Gasteiger charge is -2.21. The molecule has 1 aliphatic rings. The van der Waals surface area contributed by atoms with Crippen LogP contribution in [0.2, 0.25) is 0 Å². The molecule has 5 nitrogen and oxygen atoms in total. The summed E-state index contributed by atoms with van der Waals surface area (Å²) in [6, 6.07) is 6.24. The Morgan fingerprint density at radius 1 is 1.43 bits per heavy atom. The van der Waals surface area contributed by atoms with Gasteiger partial charge < -0.3 is 14.6 Å². The number of hydrogen-bond acceptors (Lipinski definition) is 5. The van der Waals surface area contributed by atoms with E-state index < -0.39 is 5.60 Å². The summed E-state index contributed by atoms with van der Waals surface area (Å²) in [5, 5.41) is 7.49. The first-order valence-electron chi connectivity index (χ1n) is 7.43. The molecule has 2 aromatic rings. The van der Waals surface area contributed by atoms with E-state index in [1.165, 1.54) is 11.3 Å². The van der Waals surface area contributed by atoms with Gasteiger partial charge in [-0.15, -0.1) is 0 Å². The Labute approximate surface area is 124 Å². The molecule has 1 aromatic heterocycles. The van der Waals surface area contributed by atoms with Gasteiger partial charge in [0, 0.05) is 24.9 Å². The van der Waals surface area contributed by atoms with Crippen molar-refractivity contribution in [3.05, 3.63) is 29.6 Å². The van der Waals surface area contributed by atoms with Gasteiger partial charge in [0.05, 0.1) is 0 Å². The van der Waals surface area contributed by atoms with Crippen molar-refractivity contribution in [2.75, 3.05) is 19.0 Å². The van der Waals surface area contributed by atoms with Crippen LogP contribution in [0.1, 0.15) is 38.1 Å². The average molecular weight is 287 g/mol. The summed E-state index contributed by atoms with van der Waals surface area (Å²) < 4.78 is 10.9. The van der Waals surface area contributed by atoms with Gasteiger partial charge in [-0.2, -0.15) is 4.98 Å². The normalized spacial score (nSPS) is 16.9. The zero-order chi connectivity index (χ0) is 14.9. The molecule has 3 rings (SSSR count). The highest BCUT2D eigenvalue weighted by Crippen LogP contribution is 2.30. The topological polar surface area (TPSA) is 60.2 Å². The van der Waals surface area contributed by atoms with Gasteiger partial charge in [-0.3, -0.25) is 0 Å². The van der Waals surface area contributed by atoms with Crippen LogP contribution in [0.5, 0.6) is 0 Å². The molecule has 0 spiro atoms. The molecule has 0 saturated carbocycles. The number of rotatable bonds is 4. The number of hydrogen-bond donors (Lipinski definition) is 1. The fourth-order valence-electron chi connectivity index (χ4n) is 2.56. The van der Waals surface area contributed by atoms with Crippen molar-refractivity contribution >= 4 is 5.69 Å². The van der Waals surface area contributed by atoms with Crippen LogP contribution in [0.3, 0.4) is 0 Å². The lowest BCUT2D eigenvalue weighted by atomic mass is 10.0. The largest absolute Gasteiger partial charge is 0.385 e. The van der Waals surface area contributed by atoms with Gasteiger partial charge in [-0.25, -0.2) is 0 Å². The summed E-state index contributed by atoms with van der Waals surface area (Å²) in [7, 11) is 1.67. The first kappa shape index (κ1) is 14.1. The maximum atomic E-state index is 5.52. The predicted molar refractivity (Wildman–Crippen MR) is 81.2 cm³/mol. The third-order valence-corrected chi connectivity index (χ3v) is 4.31. The van der Waals surface area contributed by atoms with Crippen molar-refractivity contribution < 1.29 is 9.26 Å². The maximum Gasteiger partial charge on any atom is 0.258 e. The van der Waals surface area contributed by atoms with E-state index in [0.717, 1.165) is 31.4 Å². The molecule has 112 valence electrons. The van der Waals surface area contributed by atoms with E-state index >= 15 is 0 Å². The van der Waals surface area contributed by atoms with Crippen LogP contribution in [0.25, 0.3) is 11.5 Å². The number of methoxy groups -OCH3 is 1. The molecule has 1 N–H and O–H groups in total. The van der Waals surface area contributed by atoms with Crippen LogP contribution in [0.4, 0.5) is 5.69 Å². The van der Waals surface area contributed by atoms with Crippen molar-refractivity contribution in [1.29, 1.82) is 0 Å². The first-order chi connectivity index (χ1) is 10.2. The second-order valence-electron chi connectivity index (χ2n) is 5.61. The molecule has 1 unspecified atom stereocenters. The Morgan fingerprint density at radius 3 is 3.05 bits per heavy atom. The Morgan fingerprint density at radius 2 is 2.29 bits per heavy atom. The van der Waals surface area contributed by atoms with Gasteiger partial charge in [0.25, 0.3) is 5.89 Å². The quantitative estimate of drug-likeness (QED) is 0.934. The fraction of sp³-hybridized carbons (Fsp3) is 0.500. The van der Waals surface area contributed by atoms with E-state index in [0.29, 0.717) is 11.7 Å². The van der Waals surface area contributed by atoms with Crippen LogP contribution < -0.4 is 5.32 Å². The number of ether oxygens (including phenoxy) is 1. The summed E-state index contributed by atoms with van der Waals surface area (Å²) in [4.78, 5) is 4.52. The van der Waals surface area contributed by atoms with Crippen molar-refractivity contribution in [3.8, 4) is 11.5 Å². The molecule has 2 heterocycles. The average Bonchev–Trinajstić information content (AvgIpc) is 3.04. The van der Waals surface area contributed by atoms with E-state index in [2.05, 4.69) is 27.6 Å². The summed E-state index contributed by atoms with van der Waals surface area (Å²) in [6.45, 7) is 5.06. The molecule has 0 fully saturated rings.